The highest BCUT2D eigenvalue weighted by Gasteiger charge is 2.20. The molecule has 1 aliphatic heterocycles. The van der Waals surface area contributed by atoms with Crippen molar-refractivity contribution in [3.8, 4) is 5.75 Å². The third-order valence-corrected chi connectivity index (χ3v) is 4.96. The lowest BCUT2D eigenvalue weighted by Gasteiger charge is -2.33. The Balaban J connectivity index is 0.00000392. The number of guanidine groups is 1. The number of hydrogen-bond acceptors (Lipinski definition) is 3. The first kappa shape index (κ1) is 25.0. The number of ether oxygens (including phenoxy) is 1. The van der Waals surface area contributed by atoms with E-state index in [-0.39, 0.29) is 24.0 Å². The van der Waals surface area contributed by atoms with Crippen LogP contribution in [-0.4, -0.2) is 57.2 Å². The quantitative estimate of drug-likeness (QED) is 0.307. The number of likely N-dealkylation sites (tertiary alicyclic amines) is 1. The molecule has 1 aliphatic rings. The monoisotopic (exact) mass is 502 g/mol. The van der Waals surface area contributed by atoms with Gasteiger partial charge < -0.3 is 20.3 Å². The Hall–Kier alpha value is -1.02. The van der Waals surface area contributed by atoms with Crippen molar-refractivity contribution < 1.29 is 4.74 Å². The fourth-order valence-electron chi connectivity index (χ4n) is 3.77. The van der Waals surface area contributed by atoms with Crippen LogP contribution in [0, 0.1) is 11.8 Å². The van der Waals surface area contributed by atoms with Gasteiger partial charge in [0.1, 0.15) is 5.75 Å². The van der Waals surface area contributed by atoms with Crippen molar-refractivity contribution in [1.29, 1.82) is 0 Å². The summed E-state index contributed by atoms with van der Waals surface area (Å²) >= 11 is 0. The number of rotatable bonds is 9. The van der Waals surface area contributed by atoms with E-state index in [0.717, 1.165) is 43.7 Å². The predicted octanol–water partition coefficient (Wildman–Crippen LogP) is 3.78. The molecule has 0 bridgehead atoms. The number of halogens is 1. The van der Waals surface area contributed by atoms with E-state index in [2.05, 4.69) is 48.4 Å². The highest BCUT2D eigenvalue weighted by Crippen LogP contribution is 2.18. The first-order valence-corrected chi connectivity index (χ1v) is 10.5. The summed E-state index contributed by atoms with van der Waals surface area (Å²) in [7, 11) is 1.73. The average molecular weight is 502 g/mol. The van der Waals surface area contributed by atoms with E-state index in [0.29, 0.717) is 5.92 Å². The maximum absolute atomic E-state index is 5.44. The number of para-hydroxylation sites is 1. The number of hydrogen-bond donors (Lipinski definition) is 2. The summed E-state index contributed by atoms with van der Waals surface area (Å²) in [5.41, 5.74) is 1.22. The summed E-state index contributed by atoms with van der Waals surface area (Å²) < 4.78 is 5.44. The summed E-state index contributed by atoms with van der Waals surface area (Å²) in [6.07, 6.45) is 3.50. The SMILES string of the molecule is CCNC(=NCC1CCCN(CC(C)C)C1)NCCc1ccccc1OC.I. The van der Waals surface area contributed by atoms with Crippen LogP contribution in [-0.2, 0) is 6.42 Å². The molecule has 6 heteroatoms. The molecule has 1 atom stereocenters. The molecule has 0 amide bonds. The van der Waals surface area contributed by atoms with Gasteiger partial charge in [-0.3, -0.25) is 4.99 Å². The normalized spacial score (nSPS) is 17.9. The van der Waals surface area contributed by atoms with Crippen molar-refractivity contribution >= 4 is 29.9 Å². The zero-order chi connectivity index (χ0) is 19.5. The molecule has 2 rings (SSSR count). The van der Waals surface area contributed by atoms with Crippen LogP contribution in [0.15, 0.2) is 29.3 Å². The first-order valence-electron chi connectivity index (χ1n) is 10.5. The summed E-state index contributed by atoms with van der Waals surface area (Å²) in [4.78, 5) is 7.47. The number of methoxy groups -OCH3 is 1. The molecule has 0 aromatic heterocycles. The molecular formula is C22H39IN4O. The molecule has 1 saturated heterocycles. The Labute approximate surface area is 188 Å². The number of nitrogens with one attached hydrogen (secondary N) is 2. The van der Waals surface area contributed by atoms with Crippen LogP contribution in [0.4, 0.5) is 0 Å². The van der Waals surface area contributed by atoms with Crippen molar-refractivity contribution in [2.75, 3.05) is 46.4 Å². The standard InChI is InChI=1S/C22H38N4O.HI/c1-5-23-22(24-13-12-20-10-6-7-11-21(20)27-4)25-15-19-9-8-14-26(17-19)16-18(2)3;/h6-7,10-11,18-19H,5,8-9,12-17H2,1-4H3,(H2,23,24,25);1H. The molecule has 28 heavy (non-hydrogen) atoms. The van der Waals surface area contributed by atoms with Gasteiger partial charge in [0.15, 0.2) is 5.96 Å². The molecule has 2 N–H and O–H groups in total. The van der Waals surface area contributed by atoms with Gasteiger partial charge in [0.05, 0.1) is 7.11 Å². The minimum absolute atomic E-state index is 0. The van der Waals surface area contributed by atoms with Gasteiger partial charge in [-0.15, -0.1) is 24.0 Å². The summed E-state index contributed by atoms with van der Waals surface area (Å²) in [6.45, 7) is 13.0. The number of piperidine rings is 1. The van der Waals surface area contributed by atoms with Crippen LogP contribution in [0.3, 0.4) is 0 Å². The van der Waals surface area contributed by atoms with Crippen molar-refractivity contribution in [1.82, 2.24) is 15.5 Å². The van der Waals surface area contributed by atoms with Gasteiger partial charge in [0, 0.05) is 32.7 Å². The molecule has 1 aromatic rings. The molecule has 1 fully saturated rings. The molecule has 1 unspecified atom stereocenters. The maximum atomic E-state index is 5.44. The lowest BCUT2D eigenvalue weighted by molar-refractivity contribution is 0.162. The summed E-state index contributed by atoms with van der Waals surface area (Å²) in [6, 6.07) is 8.20. The van der Waals surface area contributed by atoms with E-state index in [1.54, 1.807) is 7.11 Å². The highest BCUT2D eigenvalue weighted by atomic mass is 127. The second-order valence-corrected chi connectivity index (χ2v) is 7.87. The minimum Gasteiger partial charge on any atom is -0.496 e. The minimum atomic E-state index is 0. The van der Waals surface area contributed by atoms with Crippen molar-refractivity contribution in [2.45, 2.75) is 40.0 Å². The van der Waals surface area contributed by atoms with Crippen molar-refractivity contribution in [2.24, 2.45) is 16.8 Å². The van der Waals surface area contributed by atoms with Crippen LogP contribution in [0.2, 0.25) is 0 Å². The van der Waals surface area contributed by atoms with Crippen LogP contribution in [0.1, 0.15) is 39.2 Å². The van der Waals surface area contributed by atoms with Gasteiger partial charge in [-0.25, -0.2) is 0 Å². The topological polar surface area (TPSA) is 48.9 Å². The molecule has 160 valence electrons. The van der Waals surface area contributed by atoms with E-state index in [1.165, 1.54) is 38.0 Å². The number of nitrogens with zero attached hydrogens (tertiary/aromatic N) is 2. The number of aliphatic imine (C=N–C) groups is 1. The fourth-order valence-corrected chi connectivity index (χ4v) is 3.77. The third kappa shape index (κ3) is 8.99. The van der Waals surface area contributed by atoms with Gasteiger partial charge in [0.25, 0.3) is 0 Å². The van der Waals surface area contributed by atoms with Crippen molar-refractivity contribution in [3.63, 3.8) is 0 Å². The van der Waals surface area contributed by atoms with E-state index < -0.39 is 0 Å². The van der Waals surface area contributed by atoms with Crippen molar-refractivity contribution in [3.05, 3.63) is 29.8 Å². The second-order valence-electron chi connectivity index (χ2n) is 7.87. The van der Waals surface area contributed by atoms with E-state index >= 15 is 0 Å². The molecule has 5 nitrogen and oxygen atoms in total. The van der Waals surface area contributed by atoms with Gasteiger partial charge in [0.2, 0.25) is 0 Å². The molecule has 0 saturated carbocycles. The smallest absolute Gasteiger partial charge is 0.191 e. The molecule has 0 radical (unpaired) electrons. The lowest BCUT2D eigenvalue weighted by atomic mass is 9.97. The fraction of sp³-hybridized carbons (Fsp3) is 0.682. The Kier molecular flexibility index (Phi) is 12.5. The van der Waals surface area contributed by atoms with E-state index in [9.17, 15) is 0 Å². The Bertz CT molecular complexity index is 579. The van der Waals surface area contributed by atoms with Crippen LogP contribution in [0.5, 0.6) is 5.75 Å². The van der Waals surface area contributed by atoms with E-state index in [4.69, 9.17) is 9.73 Å². The van der Waals surface area contributed by atoms with Crippen LogP contribution < -0.4 is 15.4 Å². The number of benzene rings is 1. The zero-order valence-electron chi connectivity index (χ0n) is 18.0. The Morgan fingerprint density at radius 2 is 2.07 bits per heavy atom. The molecule has 0 aliphatic carbocycles. The molecule has 1 heterocycles. The molecular weight excluding hydrogens is 463 g/mol. The molecule has 1 aromatic carbocycles. The predicted molar refractivity (Wildman–Crippen MR) is 130 cm³/mol. The van der Waals surface area contributed by atoms with Gasteiger partial charge in [-0.1, -0.05) is 32.0 Å². The van der Waals surface area contributed by atoms with Gasteiger partial charge in [-0.2, -0.15) is 0 Å². The lowest BCUT2D eigenvalue weighted by Crippen LogP contribution is -2.41. The van der Waals surface area contributed by atoms with Crippen LogP contribution >= 0.6 is 24.0 Å². The summed E-state index contributed by atoms with van der Waals surface area (Å²) in [5.74, 6) is 3.28. The summed E-state index contributed by atoms with van der Waals surface area (Å²) in [5, 5.41) is 6.85. The highest BCUT2D eigenvalue weighted by molar-refractivity contribution is 14.0. The second kappa shape index (κ2) is 14.0. The largest absolute Gasteiger partial charge is 0.496 e. The third-order valence-electron chi connectivity index (χ3n) is 4.96. The Morgan fingerprint density at radius 3 is 2.79 bits per heavy atom. The maximum Gasteiger partial charge on any atom is 0.191 e. The van der Waals surface area contributed by atoms with E-state index in [1.807, 2.05) is 12.1 Å². The molecule has 0 spiro atoms. The van der Waals surface area contributed by atoms with Gasteiger partial charge in [-0.05, 0) is 56.2 Å². The average Bonchev–Trinajstić information content (AvgIpc) is 2.66. The first-order chi connectivity index (χ1) is 13.1. The zero-order valence-corrected chi connectivity index (χ0v) is 20.4. The Morgan fingerprint density at radius 1 is 1.29 bits per heavy atom. The van der Waals surface area contributed by atoms with Crippen LogP contribution in [0.25, 0.3) is 0 Å². The van der Waals surface area contributed by atoms with Gasteiger partial charge >= 0.3 is 0 Å².